The predicted molar refractivity (Wildman–Crippen MR) is 80.0 cm³/mol. The van der Waals surface area contributed by atoms with Gasteiger partial charge in [0.1, 0.15) is 5.60 Å². The molecule has 0 saturated heterocycles. The third-order valence-electron chi connectivity index (χ3n) is 3.14. The van der Waals surface area contributed by atoms with Gasteiger partial charge in [-0.25, -0.2) is 0 Å². The van der Waals surface area contributed by atoms with E-state index in [4.69, 9.17) is 0 Å². The van der Waals surface area contributed by atoms with Crippen molar-refractivity contribution in [2.24, 2.45) is 0 Å². The molecule has 0 bridgehead atoms. The molecule has 1 heterocycles. The number of aromatic nitrogens is 2. The number of benzene rings is 1. The molecule has 0 amide bonds. The number of hydrogen-bond acceptors (Lipinski definition) is 2. The smallest absolute Gasteiger partial charge is 0.109 e. The molecule has 0 saturated carbocycles. The molecule has 0 spiro atoms. The molecule has 0 aliphatic carbocycles. The first-order valence-corrected chi connectivity index (χ1v) is 7.21. The number of hydrogen-bond donors (Lipinski definition) is 1. The molecule has 1 atom stereocenters. The van der Waals surface area contributed by atoms with Crippen molar-refractivity contribution >= 4 is 15.9 Å². The summed E-state index contributed by atoms with van der Waals surface area (Å²) in [6, 6.07) is 10.2. The lowest BCUT2D eigenvalue weighted by atomic mass is 9.93. The Hall–Kier alpha value is -1.13. The highest BCUT2D eigenvalue weighted by molar-refractivity contribution is 9.10. The lowest BCUT2D eigenvalue weighted by molar-refractivity contribution is 0.0458. The Morgan fingerprint density at radius 2 is 1.95 bits per heavy atom. The summed E-state index contributed by atoms with van der Waals surface area (Å²) < 4.78 is 2.72. The Balaban J connectivity index is 2.36. The zero-order valence-corrected chi connectivity index (χ0v) is 13.1. The highest BCUT2D eigenvalue weighted by Gasteiger charge is 2.31. The quantitative estimate of drug-likeness (QED) is 0.932. The fourth-order valence-corrected chi connectivity index (χ4v) is 3.01. The lowest BCUT2D eigenvalue weighted by Crippen LogP contribution is -2.29. The van der Waals surface area contributed by atoms with Crippen molar-refractivity contribution in [1.29, 1.82) is 0 Å². The summed E-state index contributed by atoms with van der Waals surface area (Å²) in [6.45, 7) is 5.95. The summed E-state index contributed by atoms with van der Waals surface area (Å²) in [6.07, 6.45) is 2.31. The fourth-order valence-electron chi connectivity index (χ4n) is 2.31. The topological polar surface area (TPSA) is 38.0 Å². The van der Waals surface area contributed by atoms with E-state index in [0.29, 0.717) is 6.42 Å². The molecule has 0 aliphatic heterocycles. The number of aliphatic hydroxyl groups is 1. The highest BCUT2D eigenvalue weighted by Crippen LogP contribution is 2.32. The van der Waals surface area contributed by atoms with Crippen LogP contribution in [0.4, 0.5) is 0 Å². The van der Waals surface area contributed by atoms with Crippen molar-refractivity contribution in [1.82, 2.24) is 9.78 Å². The molecule has 4 heteroatoms. The van der Waals surface area contributed by atoms with Crippen molar-refractivity contribution in [3.8, 4) is 0 Å². The zero-order chi connectivity index (χ0) is 14.0. The number of rotatable bonds is 4. The van der Waals surface area contributed by atoms with Crippen LogP contribution in [0.2, 0.25) is 0 Å². The van der Waals surface area contributed by atoms with E-state index in [0.717, 1.165) is 15.7 Å². The zero-order valence-electron chi connectivity index (χ0n) is 11.5. The van der Waals surface area contributed by atoms with Gasteiger partial charge in [0.2, 0.25) is 0 Å². The maximum atomic E-state index is 10.8. The van der Waals surface area contributed by atoms with E-state index in [1.807, 2.05) is 41.9 Å². The number of halogens is 1. The van der Waals surface area contributed by atoms with E-state index >= 15 is 0 Å². The van der Waals surface area contributed by atoms with E-state index in [2.05, 4.69) is 34.9 Å². The summed E-state index contributed by atoms with van der Waals surface area (Å²) in [5.41, 5.74) is 0.975. The first-order chi connectivity index (χ1) is 8.92. The standard InChI is InChI=1S/C15H19BrN2O/c1-11(2)18-14(13(16)10-17-18)15(3,19)9-12-7-5-4-6-8-12/h4-8,10-11,19H,9H2,1-3H3. The second-order valence-corrected chi connectivity index (χ2v) is 6.17. The van der Waals surface area contributed by atoms with Gasteiger partial charge >= 0.3 is 0 Å². The van der Waals surface area contributed by atoms with Gasteiger partial charge < -0.3 is 5.11 Å². The highest BCUT2D eigenvalue weighted by atomic mass is 79.9. The summed E-state index contributed by atoms with van der Waals surface area (Å²) in [5.74, 6) is 0. The van der Waals surface area contributed by atoms with Crippen molar-refractivity contribution in [2.45, 2.75) is 38.8 Å². The normalized spacial score (nSPS) is 14.6. The monoisotopic (exact) mass is 322 g/mol. The molecule has 1 aromatic heterocycles. The molecular formula is C15H19BrN2O. The lowest BCUT2D eigenvalue weighted by Gasteiger charge is -2.26. The van der Waals surface area contributed by atoms with Crippen molar-refractivity contribution in [3.63, 3.8) is 0 Å². The van der Waals surface area contributed by atoms with Crippen LogP contribution in [0.5, 0.6) is 0 Å². The second-order valence-electron chi connectivity index (χ2n) is 5.32. The van der Waals surface area contributed by atoms with Crippen molar-refractivity contribution in [2.75, 3.05) is 0 Å². The van der Waals surface area contributed by atoms with Gasteiger partial charge in [0.25, 0.3) is 0 Å². The van der Waals surface area contributed by atoms with Crippen LogP contribution in [0.25, 0.3) is 0 Å². The van der Waals surface area contributed by atoms with Gasteiger partial charge in [0, 0.05) is 12.5 Å². The first kappa shape index (κ1) is 14.3. The van der Waals surface area contributed by atoms with Gasteiger partial charge in [0.15, 0.2) is 0 Å². The maximum Gasteiger partial charge on any atom is 0.109 e. The van der Waals surface area contributed by atoms with E-state index < -0.39 is 5.60 Å². The minimum Gasteiger partial charge on any atom is -0.383 e. The van der Waals surface area contributed by atoms with Crippen molar-refractivity contribution < 1.29 is 5.11 Å². The molecule has 0 aliphatic rings. The summed E-state index contributed by atoms with van der Waals surface area (Å²) >= 11 is 3.49. The molecule has 1 unspecified atom stereocenters. The van der Waals surface area contributed by atoms with Gasteiger partial charge in [-0.05, 0) is 42.3 Å². The fraction of sp³-hybridized carbons (Fsp3) is 0.400. The third-order valence-corrected chi connectivity index (χ3v) is 3.72. The van der Waals surface area contributed by atoms with Crippen molar-refractivity contribution in [3.05, 3.63) is 52.3 Å². The Labute approximate surface area is 122 Å². The second kappa shape index (κ2) is 5.47. The molecule has 0 fully saturated rings. The largest absolute Gasteiger partial charge is 0.383 e. The van der Waals surface area contributed by atoms with Gasteiger partial charge in [-0.1, -0.05) is 30.3 Å². The van der Waals surface area contributed by atoms with Crippen LogP contribution in [0, 0.1) is 0 Å². The number of nitrogens with zero attached hydrogens (tertiary/aromatic N) is 2. The molecule has 2 rings (SSSR count). The summed E-state index contributed by atoms with van der Waals surface area (Å²) in [7, 11) is 0. The van der Waals surface area contributed by atoms with Gasteiger partial charge in [-0.2, -0.15) is 5.10 Å². The SMILES string of the molecule is CC(C)n1ncc(Br)c1C(C)(O)Cc1ccccc1. The van der Waals surface area contributed by atoms with Crippen LogP contribution in [-0.2, 0) is 12.0 Å². The molecule has 3 nitrogen and oxygen atoms in total. The Bertz CT molecular complexity index is 547. The third kappa shape index (κ3) is 3.07. The minimum atomic E-state index is -0.957. The maximum absolute atomic E-state index is 10.8. The Kier molecular flexibility index (Phi) is 4.11. The van der Waals surface area contributed by atoms with Crippen LogP contribution >= 0.6 is 15.9 Å². The van der Waals surface area contributed by atoms with E-state index in [1.54, 1.807) is 6.20 Å². The molecular weight excluding hydrogens is 304 g/mol. The van der Waals surface area contributed by atoms with E-state index in [-0.39, 0.29) is 6.04 Å². The van der Waals surface area contributed by atoms with Crippen LogP contribution in [0.1, 0.15) is 38.1 Å². The Morgan fingerprint density at radius 1 is 1.32 bits per heavy atom. The average Bonchev–Trinajstić information content (AvgIpc) is 2.73. The minimum absolute atomic E-state index is 0.212. The predicted octanol–water partition coefficient (Wildman–Crippen LogP) is 3.68. The molecule has 19 heavy (non-hydrogen) atoms. The summed E-state index contributed by atoms with van der Waals surface area (Å²) in [4.78, 5) is 0. The summed E-state index contributed by atoms with van der Waals surface area (Å²) in [5, 5.41) is 15.2. The van der Waals surface area contributed by atoms with Gasteiger partial charge in [-0.3, -0.25) is 4.68 Å². The van der Waals surface area contributed by atoms with E-state index in [9.17, 15) is 5.11 Å². The van der Waals surface area contributed by atoms with Gasteiger partial charge in [-0.15, -0.1) is 0 Å². The van der Waals surface area contributed by atoms with Gasteiger partial charge in [0.05, 0.1) is 16.4 Å². The van der Waals surface area contributed by atoms with Crippen LogP contribution in [0.3, 0.4) is 0 Å². The van der Waals surface area contributed by atoms with Crippen LogP contribution < -0.4 is 0 Å². The molecule has 102 valence electrons. The molecule has 1 aromatic carbocycles. The molecule has 1 N–H and O–H groups in total. The molecule has 0 radical (unpaired) electrons. The Morgan fingerprint density at radius 3 is 2.53 bits per heavy atom. The van der Waals surface area contributed by atoms with E-state index in [1.165, 1.54) is 0 Å². The van der Waals surface area contributed by atoms with Crippen LogP contribution in [-0.4, -0.2) is 14.9 Å². The van der Waals surface area contributed by atoms with Crippen LogP contribution in [0.15, 0.2) is 41.0 Å². The first-order valence-electron chi connectivity index (χ1n) is 6.41. The molecule has 2 aromatic rings. The average molecular weight is 323 g/mol.